The number of ketones is 1. The van der Waals surface area contributed by atoms with Crippen molar-refractivity contribution in [3.05, 3.63) is 77.4 Å². The number of rotatable bonds is 4. The third-order valence-electron chi connectivity index (χ3n) is 11.3. The highest BCUT2D eigenvalue weighted by molar-refractivity contribution is 5.96. The Kier molecular flexibility index (Phi) is 6.88. The molecule has 3 fully saturated rings. The summed E-state index contributed by atoms with van der Waals surface area (Å²) >= 11 is 0. The molecule has 0 saturated heterocycles. The van der Waals surface area contributed by atoms with Gasteiger partial charge < -0.3 is 5.11 Å². The van der Waals surface area contributed by atoms with Gasteiger partial charge >= 0.3 is 6.18 Å². The van der Waals surface area contributed by atoms with Crippen LogP contribution in [0.25, 0.3) is 17.2 Å². The van der Waals surface area contributed by atoms with E-state index in [4.69, 9.17) is 0 Å². The van der Waals surface area contributed by atoms with Crippen LogP contribution in [0, 0.1) is 34.5 Å². The highest BCUT2D eigenvalue weighted by atomic mass is 19.4. The van der Waals surface area contributed by atoms with E-state index in [0.717, 1.165) is 73.8 Å². The Hall–Kier alpha value is -2.66. The number of aliphatic hydroxyl groups is 1. The van der Waals surface area contributed by atoms with Gasteiger partial charge in [0.2, 0.25) is 0 Å². The number of hydrogen-bond donors (Lipinski definition) is 1. The average molecular weight is 549 g/mol. The Balaban J connectivity index is 1.13. The van der Waals surface area contributed by atoms with E-state index in [0.29, 0.717) is 17.8 Å². The second-order valence-corrected chi connectivity index (χ2v) is 13.3. The number of carbonyl (C=O) groups is 1. The fourth-order valence-electron chi connectivity index (χ4n) is 9.04. The van der Waals surface area contributed by atoms with Gasteiger partial charge in [-0.15, -0.1) is 0 Å². The molecule has 0 amide bonds. The van der Waals surface area contributed by atoms with Crippen LogP contribution in [-0.2, 0) is 11.0 Å². The molecule has 0 spiro atoms. The van der Waals surface area contributed by atoms with E-state index in [-0.39, 0.29) is 28.6 Å². The summed E-state index contributed by atoms with van der Waals surface area (Å²) in [6, 6.07) is 12.8. The molecular weight excluding hydrogens is 509 g/mol. The summed E-state index contributed by atoms with van der Waals surface area (Å²) in [5.41, 5.74) is 3.54. The first-order chi connectivity index (χ1) is 19.0. The number of alkyl halides is 3. The third-order valence-corrected chi connectivity index (χ3v) is 11.3. The molecule has 212 valence electrons. The minimum atomic E-state index is -4.34. The van der Waals surface area contributed by atoms with Crippen molar-refractivity contribution < 1.29 is 23.1 Å². The van der Waals surface area contributed by atoms with Gasteiger partial charge in [0, 0.05) is 5.92 Å². The molecule has 2 nitrogen and oxygen atoms in total. The largest absolute Gasteiger partial charge is 0.416 e. The first-order valence-electron chi connectivity index (χ1n) is 14.9. The molecule has 4 aliphatic rings. The number of halogens is 3. The topological polar surface area (TPSA) is 37.3 Å². The molecule has 1 N–H and O–H groups in total. The normalized spacial score (nSPS) is 35.5. The smallest absolute Gasteiger partial charge is 0.393 e. The standard InChI is InChI=1S/C35H39F3O2/c1-33-19-17-27(39)21-26(33)12-13-28-29-14-15-31(34(29,2)20-18-30(28)33)32(40)16-5-22-3-6-23(7-4-22)24-8-10-25(11-9-24)35(36,37)38/h3-12,16,27-31,39H,13-15,17-21H2,1-2H3/b16-5+/t27-,28-,29-,30-,31+,33-,34-/m0/s1. The van der Waals surface area contributed by atoms with Gasteiger partial charge in [0.25, 0.3) is 0 Å². The molecule has 40 heavy (non-hydrogen) atoms. The molecule has 3 saturated carbocycles. The van der Waals surface area contributed by atoms with Crippen molar-refractivity contribution in [2.45, 2.75) is 77.5 Å². The molecule has 0 aliphatic heterocycles. The second kappa shape index (κ2) is 10.0. The molecule has 7 atom stereocenters. The maximum absolute atomic E-state index is 13.5. The van der Waals surface area contributed by atoms with Crippen LogP contribution >= 0.6 is 0 Å². The quantitative estimate of drug-likeness (QED) is 0.306. The van der Waals surface area contributed by atoms with E-state index in [1.807, 2.05) is 30.3 Å². The van der Waals surface area contributed by atoms with Gasteiger partial charge in [0.05, 0.1) is 11.7 Å². The van der Waals surface area contributed by atoms with Crippen LogP contribution in [0.2, 0.25) is 0 Å². The Morgan fingerprint density at radius 3 is 2.25 bits per heavy atom. The zero-order valence-corrected chi connectivity index (χ0v) is 23.4. The van der Waals surface area contributed by atoms with Crippen LogP contribution in [0.3, 0.4) is 0 Å². The Labute approximate surface area is 235 Å². The summed E-state index contributed by atoms with van der Waals surface area (Å²) in [7, 11) is 0. The Morgan fingerprint density at radius 1 is 0.900 bits per heavy atom. The monoisotopic (exact) mass is 548 g/mol. The third kappa shape index (κ3) is 4.68. The lowest BCUT2D eigenvalue weighted by Crippen LogP contribution is -2.50. The van der Waals surface area contributed by atoms with Gasteiger partial charge in [-0.25, -0.2) is 0 Å². The summed E-state index contributed by atoms with van der Waals surface area (Å²) < 4.78 is 38.6. The Bertz CT molecular complexity index is 1320. The molecule has 0 bridgehead atoms. The van der Waals surface area contributed by atoms with Gasteiger partial charge in [-0.1, -0.05) is 68.0 Å². The van der Waals surface area contributed by atoms with Crippen LogP contribution in [0.15, 0.2) is 66.3 Å². The predicted octanol–water partition coefficient (Wildman–Crippen LogP) is 8.89. The lowest BCUT2D eigenvalue weighted by Gasteiger charge is -2.57. The van der Waals surface area contributed by atoms with E-state index in [2.05, 4.69) is 19.9 Å². The van der Waals surface area contributed by atoms with Gasteiger partial charge in [-0.05, 0) is 115 Å². The number of aliphatic hydroxyl groups excluding tert-OH is 1. The molecular formula is C35H39F3O2. The maximum atomic E-state index is 13.5. The summed E-state index contributed by atoms with van der Waals surface area (Å²) in [4.78, 5) is 13.5. The molecule has 6 rings (SSSR count). The molecule has 0 heterocycles. The van der Waals surface area contributed by atoms with Crippen LogP contribution in [0.4, 0.5) is 13.2 Å². The number of benzene rings is 2. The zero-order chi connectivity index (χ0) is 28.3. The fraction of sp³-hybridized carbons (Fsp3) is 0.514. The summed E-state index contributed by atoms with van der Waals surface area (Å²) in [5, 5.41) is 10.3. The number of hydrogen-bond acceptors (Lipinski definition) is 2. The first kappa shape index (κ1) is 27.5. The number of fused-ring (bicyclic) bond motifs is 5. The predicted molar refractivity (Wildman–Crippen MR) is 152 cm³/mol. The van der Waals surface area contributed by atoms with Crippen molar-refractivity contribution in [2.24, 2.45) is 34.5 Å². The summed E-state index contributed by atoms with van der Waals surface area (Å²) in [6.07, 6.45) is 9.77. The lowest BCUT2D eigenvalue weighted by atomic mass is 9.47. The molecule has 5 heteroatoms. The summed E-state index contributed by atoms with van der Waals surface area (Å²) in [5.74, 6) is 2.12. The van der Waals surface area contributed by atoms with Gasteiger partial charge in [-0.3, -0.25) is 4.79 Å². The van der Waals surface area contributed by atoms with Crippen molar-refractivity contribution in [3.63, 3.8) is 0 Å². The fourth-order valence-corrected chi connectivity index (χ4v) is 9.04. The van der Waals surface area contributed by atoms with Crippen molar-refractivity contribution in [3.8, 4) is 11.1 Å². The number of carbonyl (C=O) groups excluding carboxylic acids is 1. The second-order valence-electron chi connectivity index (χ2n) is 13.3. The molecule has 0 radical (unpaired) electrons. The SMILES string of the molecule is C[C@]12CC[C@H]3[C@@H](CC=C4C[C@@H](O)CC[C@@]43C)[C@@H]1CC[C@@H]2C(=O)/C=C/c1ccc(-c2ccc(C(F)(F)F)cc2)cc1. The van der Waals surface area contributed by atoms with Gasteiger partial charge in [0.1, 0.15) is 0 Å². The molecule has 2 aromatic carbocycles. The average Bonchev–Trinajstić information content (AvgIpc) is 3.29. The van der Waals surface area contributed by atoms with E-state index < -0.39 is 11.7 Å². The Morgan fingerprint density at radius 2 is 1.57 bits per heavy atom. The van der Waals surface area contributed by atoms with Crippen molar-refractivity contribution >= 4 is 11.9 Å². The molecule has 0 unspecified atom stereocenters. The van der Waals surface area contributed by atoms with Crippen LogP contribution in [0.5, 0.6) is 0 Å². The first-order valence-corrected chi connectivity index (χ1v) is 14.9. The minimum absolute atomic E-state index is 0.0326. The van der Waals surface area contributed by atoms with Crippen LogP contribution < -0.4 is 0 Å². The zero-order valence-electron chi connectivity index (χ0n) is 23.4. The maximum Gasteiger partial charge on any atom is 0.416 e. The highest BCUT2D eigenvalue weighted by Gasteiger charge is 2.59. The van der Waals surface area contributed by atoms with E-state index >= 15 is 0 Å². The van der Waals surface area contributed by atoms with Gasteiger partial charge in [0.15, 0.2) is 5.78 Å². The molecule has 4 aliphatic carbocycles. The van der Waals surface area contributed by atoms with Crippen molar-refractivity contribution in [1.29, 1.82) is 0 Å². The van der Waals surface area contributed by atoms with E-state index in [1.165, 1.54) is 24.1 Å². The van der Waals surface area contributed by atoms with Crippen LogP contribution in [0.1, 0.15) is 76.3 Å². The van der Waals surface area contributed by atoms with Crippen LogP contribution in [-0.4, -0.2) is 17.0 Å². The minimum Gasteiger partial charge on any atom is -0.393 e. The summed E-state index contributed by atoms with van der Waals surface area (Å²) in [6.45, 7) is 4.80. The highest BCUT2D eigenvalue weighted by Crippen LogP contribution is 2.66. The van der Waals surface area contributed by atoms with Crippen molar-refractivity contribution in [2.75, 3.05) is 0 Å². The lowest BCUT2D eigenvalue weighted by molar-refractivity contribution is -0.137. The van der Waals surface area contributed by atoms with Crippen molar-refractivity contribution in [1.82, 2.24) is 0 Å². The number of allylic oxidation sites excluding steroid dienone is 2. The molecule has 2 aromatic rings. The molecule has 0 aromatic heterocycles. The van der Waals surface area contributed by atoms with E-state index in [9.17, 15) is 23.1 Å². The van der Waals surface area contributed by atoms with Gasteiger partial charge in [-0.2, -0.15) is 13.2 Å². The van der Waals surface area contributed by atoms with E-state index in [1.54, 1.807) is 6.08 Å².